The molecule has 7 nitrogen and oxygen atoms in total. The molecule has 0 aliphatic heterocycles. The standard InChI is InChI=1S/C25H23ClN4O3/c1-25(24(31)32)10-8-18(9-11-25)33-22-7-3-15(13-28-22)19-5-2-16(14-27-19)23-29-20-6-4-17(26)12-21(20)30-23/h2-7,12-14,18H,8-11H2,1H3,(H,29,30)(H,31,32). The number of ether oxygens (including phenoxy) is 1. The van der Waals surface area contributed by atoms with Crippen LogP contribution in [0.4, 0.5) is 0 Å². The van der Waals surface area contributed by atoms with E-state index in [-0.39, 0.29) is 6.10 Å². The maximum atomic E-state index is 11.4. The van der Waals surface area contributed by atoms with Gasteiger partial charge in [-0.1, -0.05) is 11.6 Å². The quantitative estimate of drug-likeness (QED) is 0.391. The number of pyridine rings is 2. The SMILES string of the molecule is CC1(C(=O)O)CCC(Oc2ccc(-c3ccc(-c4nc5ccc(Cl)cc5[nH]4)cn3)cn2)CC1. The number of imidazole rings is 1. The van der Waals surface area contributed by atoms with Crippen molar-refractivity contribution >= 4 is 28.6 Å². The summed E-state index contributed by atoms with van der Waals surface area (Å²) in [4.78, 5) is 28.3. The summed E-state index contributed by atoms with van der Waals surface area (Å²) in [5.41, 5.74) is 3.64. The molecule has 0 atom stereocenters. The first-order chi connectivity index (χ1) is 15.9. The van der Waals surface area contributed by atoms with Gasteiger partial charge in [0.05, 0.1) is 22.1 Å². The number of carboxylic acid groups (broad SMARTS) is 1. The molecule has 0 amide bonds. The topological polar surface area (TPSA) is 101 Å². The lowest BCUT2D eigenvalue weighted by atomic mass is 9.75. The molecule has 8 heteroatoms. The smallest absolute Gasteiger partial charge is 0.309 e. The molecule has 0 unspecified atom stereocenters. The van der Waals surface area contributed by atoms with Crippen molar-refractivity contribution in [2.24, 2.45) is 5.41 Å². The van der Waals surface area contributed by atoms with E-state index in [4.69, 9.17) is 16.3 Å². The molecule has 1 aliphatic carbocycles. The van der Waals surface area contributed by atoms with E-state index < -0.39 is 11.4 Å². The average molecular weight is 463 g/mol. The van der Waals surface area contributed by atoms with Crippen molar-refractivity contribution in [1.29, 1.82) is 0 Å². The van der Waals surface area contributed by atoms with Crippen LogP contribution in [0, 0.1) is 5.41 Å². The number of nitrogens with one attached hydrogen (secondary N) is 1. The van der Waals surface area contributed by atoms with Crippen LogP contribution in [0.15, 0.2) is 54.9 Å². The first kappa shape index (κ1) is 21.4. The van der Waals surface area contributed by atoms with Gasteiger partial charge in [-0.15, -0.1) is 0 Å². The van der Waals surface area contributed by atoms with Crippen LogP contribution in [-0.4, -0.2) is 37.1 Å². The lowest BCUT2D eigenvalue weighted by Gasteiger charge is -2.33. The van der Waals surface area contributed by atoms with Crippen LogP contribution >= 0.6 is 11.6 Å². The van der Waals surface area contributed by atoms with E-state index in [1.807, 2.05) is 42.5 Å². The Balaban J connectivity index is 1.25. The minimum Gasteiger partial charge on any atom is -0.481 e. The second kappa shape index (κ2) is 8.48. The zero-order chi connectivity index (χ0) is 23.0. The molecule has 1 aliphatic rings. The molecule has 0 radical (unpaired) electrons. The third-order valence-electron chi connectivity index (χ3n) is 6.35. The van der Waals surface area contributed by atoms with Crippen molar-refractivity contribution in [3.8, 4) is 28.5 Å². The van der Waals surface area contributed by atoms with Gasteiger partial charge in [0.15, 0.2) is 0 Å². The normalized spacial score (nSPS) is 20.6. The number of hydrogen-bond acceptors (Lipinski definition) is 5. The summed E-state index contributed by atoms with van der Waals surface area (Å²) < 4.78 is 5.99. The molecule has 4 aromatic rings. The zero-order valence-electron chi connectivity index (χ0n) is 18.1. The predicted molar refractivity (Wildman–Crippen MR) is 126 cm³/mol. The summed E-state index contributed by atoms with van der Waals surface area (Å²) in [5, 5.41) is 10.0. The average Bonchev–Trinajstić information content (AvgIpc) is 3.24. The molecule has 3 aromatic heterocycles. The summed E-state index contributed by atoms with van der Waals surface area (Å²) in [6.07, 6.45) is 6.16. The number of halogens is 1. The minimum atomic E-state index is -0.730. The van der Waals surface area contributed by atoms with E-state index in [0.29, 0.717) is 36.6 Å². The fraction of sp³-hybridized carbons (Fsp3) is 0.280. The van der Waals surface area contributed by atoms with Crippen molar-refractivity contribution in [3.05, 3.63) is 59.9 Å². The third-order valence-corrected chi connectivity index (χ3v) is 6.59. The van der Waals surface area contributed by atoms with Crippen LogP contribution in [0.2, 0.25) is 5.02 Å². The van der Waals surface area contributed by atoms with E-state index in [1.54, 1.807) is 19.3 Å². The molecule has 5 rings (SSSR count). The number of hydrogen-bond donors (Lipinski definition) is 2. The van der Waals surface area contributed by atoms with E-state index in [1.165, 1.54) is 0 Å². The maximum Gasteiger partial charge on any atom is 0.309 e. The van der Waals surface area contributed by atoms with Crippen molar-refractivity contribution in [1.82, 2.24) is 19.9 Å². The number of rotatable bonds is 5. The van der Waals surface area contributed by atoms with Gasteiger partial charge in [-0.3, -0.25) is 9.78 Å². The van der Waals surface area contributed by atoms with Crippen LogP contribution in [-0.2, 0) is 4.79 Å². The van der Waals surface area contributed by atoms with Gasteiger partial charge in [0.1, 0.15) is 11.9 Å². The lowest BCUT2D eigenvalue weighted by molar-refractivity contribution is -0.150. The summed E-state index contributed by atoms with van der Waals surface area (Å²) in [6, 6.07) is 13.2. The van der Waals surface area contributed by atoms with Crippen molar-refractivity contribution in [2.45, 2.75) is 38.7 Å². The molecular weight excluding hydrogens is 440 g/mol. The van der Waals surface area contributed by atoms with E-state index in [9.17, 15) is 9.90 Å². The van der Waals surface area contributed by atoms with Crippen LogP contribution in [0.3, 0.4) is 0 Å². The molecule has 3 heterocycles. The van der Waals surface area contributed by atoms with Gasteiger partial charge in [0, 0.05) is 34.6 Å². The first-order valence-corrected chi connectivity index (χ1v) is 11.3. The third kappa shape index (κ3) is 4.41. The van der Waals surface area contributed by atoms with Crippen LogP contribution in [0.25, 0.3) is 33.7 Å². The highest BCUT2D eigenvalue weighted by Gasteiger charge is 2.38. The number of aromatic nitrogens is 4. The number of aromatic amines is 1. The number of benzene rings is 1. The summed E-state index contributed by atoms with van der Waals surface area (Å²) in [7, 11) is 0. The summed E-state index contributed by atoms with van der Waals surface area (Å²) >= 11 is 6.05. The van der Waals surface area contributed by atoms with Gasteiger partial charge >= 0.3 is 5.97 Å². The van der Waals surface area contributed by atoms with Gasteiger partial charge in [-0.25, -0.2) is 9.97 Å². The number of carboxylic acids is 1. The zero-order valence-corrected chi connectivity index (χ0v) is 18.8. The molecule has 0 spiro atoms. The molecule has 33 heavy (non-hydrogen) atoms. The number of nitrogens with zero attached hydrogens (tertiary/aromatic N) is 3. The number of aliphatic carboxylic acids is 1. The molecule has 1 fully saturated rings. The Labute approximate surface area is 195 Å². The molecule has 2 N–H and O–H groups in total. The van der Waals surface area contributed by atoms with Gasteiger partial charge in [-0.2, -0.15) is 0 Å². The van der Waals surface area contributed by atoms with Crippen molar-refractivity contribution in [3.63, 3.8) is 0 Å². The molecule has 1 saturated carbocycles. The molecular formula is C25H23ClN4O3. The van der Waals surface area contributed by atoms with E-state index in [0.717, 1.165) is 33.7 Å². The second-order valence-corrected chi connectivity index (χ2v) is 9.18. The van der Waals surface area contributed by atoms with Gasteiger partial charge in [0.25, 0.3) is 0 Å². The predicted octanol–water partition coefficient (Wildman–Crippen LogP) is 5.75. The summed E-state index contributed by atoms with van der Waals surface area (Å²) in [5.74, 6) is 0.548. The molecule has 0 saturated heterocycles. The van der Waals surface area contributed by atoms with E-state index >= 15 is 0 Å². The van der Waals surface area contributed by atoms with E-state index in [2.05, 4.69) is 19.9 Å². The minimum absolute atomic E-state index is 0.00752. The van der Waals surface area contributed by atoms with Gasteiger partial charge in [0.2, 0.25) is 5.88 Å². The Morgan fingerprint density at radius 1 is 1.09 bits per heavy atom. The van der Waals surface area contributed by atoms with Crippen LogP contribution in [0.1, 0.15) is 32.6 Å². The second-order valence-electron chi connectivity index (χ2n) is 8.75. The monoisotopic (exact) mass is 462 g/mol. The van der Waals surface area contributed by atoms with Crippen LogP contribution in [0.5, 0.6) is 5.88 Å². The largest absolute Gasteiger partial charge is 0.481 e. The Kier molecular flexibility index (Phi) is 5.50. The van der Waals surface area contributed by atoms with Crippen molar-refractivity contribution in [2.75, 3.05) is 0 Å². The van der Waals surface area contributed by atoms with Crippen LogP contribution < -0.4 is 4.74 Å². The number of H-pyrrole nitrogens is 1. The highest BCUT2D eigenvalue weighted by Crippen LogP contribution is 2.37. The van der Waals surface area contributed by atoms with Gasteiger partial charge in [-0.05, 0) is 69.0 Å². The molecule has 1 aromatic carbocycles. The lowest BCUT2D eigenvalue weighted by Crippen LogP contribution is -2.36. The summed E-state index contributed by atoms with van der Waals surface area (Å²) in [6.45, 7) is 1.81. The Morgan fingerprint density at radius 3 is 2.52 bits per heavy atom. The Hall–Kier alpha value is -3.45. The highest BCUT2D eigenvalue weighted by molar-refractivity contribution is 6.31. The fourth-order valence-electron chi connectivity index (χ4n) is 4.16. The Bertz CT molecular complexity index is 1290. The highest BCUT2D eigenvalue weighted by atomic mass is 35.5. The Morgan fingerprint density at radius 2 is 1.85 bits per heavy atom. The number of carbonyl (C=O) groups is 1. The first-order valence-electron chi connectivity index (χ1n) is 10.9. The fourth-order valence-corrected chi connectivity index (χ4v) is 4.33. The van der Waals surface area contributed by atoms with Gasteiger partial charge < -0.3 is 14.8 Å². The molecule has 0 bridgehead atoms. The molecule has 168 valence electrons. The van der Waals surface area contributed by atoms with Crippen molar-refractivity contribution < 1.29 is 14.6 Å². The number of fused-ring (bicyclic) bond motifs is 1. The maximum absolute atomic E-state index is 11.4.